The summed E-state index contributed by atoms with van der Waals surface area (Å²) in [7, 11) is 0. The standard InChI is InChI=1S/C18H15N3O4S/c1-11-6-7-14(24-11)12-10-26-17(19-12)20-16(22)8-9-21-13-4-2-3-5-15(13)25-18(21)23/h2-7,10H,8-9H2,1H3,(H,19,20,22). The number of aryl methyl sites for hydroxylation is 2. The van der Waals surface area contributed by atoms with E-state index in [1.807, 2.05) is 30.5 Å². The fraction of sp³-hybridized carbons (Fsp3) is 0.167. The van der Waals surface area contributed by atoms with Gasteiger partial charge in [-0.2, -0.15) is 0 Å². The van der Waals surface area contributed by atoms with Crippen LogP contribution in [0.25, 0.3) is 22.6 Å². The molecule has 0 saturated carbocycles. The minimum Gasteiger partial charge on any atom is -0.460 e. The van der Waals surface area contributed by atoms with Crippen molar-refractivity contribution in [3.63, 3.8) is 0 Å². The molecular formula is C18H15N3O4S. The van der Waals surface area contributed by atoms with Crippen LogP contribution in [-0.2, 0) is 11.3 Å². The van der Waals surface area contributed by atoms with Crippen LogP contribution in [0.4, 0.5) is 5.13 Å². The fourth-order valence-electron chi connectivity index (χ4n) is 2.64. The molecule has 0 unspecified atom stereocenters. The molecule has 0 aliphatic heterocycles. The van der Waals surface area contributed by atoms with Crippen LogP contribution in [0.2, 0.25) is 0 Å². The highest BCUT2D eigenvalue weighted by Crippen LogP contribution is 2.26. The van der Waals surface area contributed by atoms with Crippen LogP contribution in [0.5, 0.6) is 0 Å². The molecule has 0 saturated heterocycles. The molecule has 8 heteroatoms. The number of nitrogens with one attached hydrogen (secondary N) is 1. The van der Waals surface area contributed by atoms with Crippen molar-refractivity contribution in [1.29, 1.82) is 0 Å². The highest BCUT2D eigenvalue weighted by Gasteiger charge is 2.13. The zero-order chi connectivity index (χ0) is 18.1. The van der Waals surface area contributed by atoms with Crippen molar-refractivity contribution in [2.75, 3.05) is 5.32 Å². The summed E-state index contributed by atoms with van der Waals surface area (Å²) in [5.74, 6) is 0.773. The summed E-state index contributed by atoms with van der Waals surface area (Å²) in [6.45, 7) is 2.09. The van der Waals surface area contributed by atoms with E-state index in [1.165, 1.54) is 15.9 Å². The molecule has 0 atom stereocenters. The van der Waals surface area contributed by atoms with Crippen LogP contribution >= 0.6 is 11.3 Å². The number of carbonyl (C=O) groups is 1. The Morgan fingerprint density at radius 1 is 1.23 bits per heavy atom. The second-order valence-corrected chi connectivity index (χ2v) is 6.59. The average molecular weight is 369 g/mol. The lowest BCUT2D eigenvalue weighted by molar-refractivity contribution is -0.116. The normalized spacial score (nSPS) is 11.1. The molecule has 3 aromatic heterocycles. The molecule has 7 nitrogen and oxygen atoms in total. The number of oxazole rings is 1. The Kier molecular flexibility index (Phi) is 4.18. The highest BCUT2D eigenvalue weighted by molar-refractivity contribution is 7.14. The van der Waals surface area contributed by atoms with E-state index in [0.717, 1.165) is 5.76 Å². The van der Waals surface area contributed by atoms with Crippen LogP contribution in [-0.4, -0.2) is 15.5 Å². The second-order valence-electron chi connectivity index (χ2n) is 5.73. The molecule has 0 bridgehead atoms. The van der Waals surface area contributed by atoms with E-state index in [2.05, 4.69) is 10.3 Å². The molecule has 0 fully saturated rings. The number of thiazole rings is 1. The van der Waals surface area contributed by atoms with Gasteiger partial charge in [0, 0.05) is 18.3 Å². The van der Waals surface area contributed by atoms with Gasteiger partial charge in [-0.1, -0.05) is 12.1 Å². The third-order valence-corrected chi connectivity index (χ3v) is 4.64. The van der Waals surface area contributed by atoms with E-state index in [0.29, 0.717) is 27.7 Å². The predicted molar refractivity (Wildman–Crippen MR) is 98.3 cm³/mol. The van der Waals surface area contributed by atoms with Crippen molar-refractivity contribution in [1.82, 2.24) is 9.55 Å². The van der Waals surface area contributed by atoms with Crippen molar-refractivity contribution < 1.29 is 13.6 Å². The van der Waals surface area contributed by atoms with Crippen molar-refractivity contribution in [2.24, 2.45) is 0 Å². The molecule has 26 heavy (non-hydrogen) atoms. The quantitative estimate of drug-likeness (QED) is 0.580. The summed E-state index contributed by atoms with van der Waals surface area (Å²) >= 11 is 1.32. The summed E-state index contributed by atoms with van der Waals surface area (Å²) in [5, 5.41) is 5.06. The van der Waals surface area contributed by atoms with Gasteiger partial charge in [0.25, 0.3) is 0 Å². The first-order chi connectivity index (χ1) is 12.6. The maximum Gasteiger partial charge on any atom is 0.419 e. The number of para-hydroxylation sites is 2. The summed E-state index contributed by atoms with van der Waals surface area (Å²) in [5.41, 5.74) is 1.86. The Morgan fingerprint density at radius 3 is 2.88 bits per heavy atom. The molecule has 1 aromatic carbocycles. The molecule has 132 valence electrons. The lowest BCUT2D eigenvalue weighted by Crippen LogP contribution is -2.19. The van der Waals surface area contributed by atoms with Gasteiger partial charge in [-0.05, 0) is 31.2 Å². The Hall–Kier alpha value is -3.13. The number of anilines is 1. The number of rotatable bonds is 5. The van der Waals surface area contributed by atoms with Crippen LogP contribution in [0, 0.1) is 6.92 Å². The third kappa shape index (κ3) is 3.18. The molecule has 4 rings (SSSR count). The van der Waals surface area contributed by atoms with Gasteiger partial charge in [-0.25, -0.2) is 9.78 Å². The van der Waals surface area contributed by atoms with Crippen LogP contribution < -0.4 is 11.1 Å². The van der Waals surface area contributed by atoms with Crippen molar-refractivity contribution in [2.45, 2.75) is 19.9 Å². The number of carbonyl (C=O) groups excluding carboxylic acids is 1. The summed E-state index contributed by atoms with van der Waals surface area (Å²) in [4.78, 5) is 28.5. The van der Waals surface area contributed by atoms with Gasteiger partial charge in [0.1, 0.15) is 11.5 Å². The molecule has 4 aromatic rings. The molecule has 3 heterocycles. The fourth-order valence-corrected chi connectivity index (χ4v) is 3.35. The van der Waals surface area contributed by atoms with Crippen molar-refractivity contribution in [3.8, 4) is 11.5 Å². The van der Waals surface area contributed by atoms with Gasteiger partial charge in [0.15, 0.2) is 16.5 Å². The maximum atomic E-state index is 12.2. The smallest absolute Gasteiger partial charge is 0.419 e. The van der Waals surface area contributed by atoms with E-state index in [1.54, 1.807) is 18.2 Å². The zero-order valence-corrected chi connectivity index (χ0v) is 14.7. The highest BCUT2D eigenvalue weighted by atomic mass is 32.1. The monoisotopic (exact) mass is 369 g/mol. The molecule has 0 spiro atoms. The first kappa shape index (κ1) is 16.3. The van der Waals surface area contributed by atoms with Crippen LogP contribution in [0.3, 0.4) is 0 Å². The van der Waals surface area contributed by atoms with Gasteiger partial charge in [-0.15, -0.1) is 11.3 Å². The molecule has 0 aliphatic rings. The van der Waals surface area contributed by atoms with Gasteiger partial charge >= 0.3 is 5.76 Å². The van der Waals surface area contributed by atoms with E-state index in [9.17, 15) is 9.59 Å². The Balaban J connectivity index is 1.42. The van der Waals surface area contributed by atoms with Crippen molar-refractivity contribution in [3.05, 3.63) is 58.1 Å². The average Bonchev–Trinajstić information content (AvgIpc) is 3.31. The number of furan rings is 1. The Labute approximate surface area is 151 Å². The van der Waals surface area contributed by atoms with E-state index in [4.69, 9.17) is 8.83 Å². The zero-order valence-electron chi connectivity index (χ0n) is 13.9. The molecule has 1 amide bonds. The summed E-state index contributed by atoms with van der Waals surface area (Å²) < 4.78 is 12.1. The number of hydrogen-bond donors (Lipinski definition) is 1. The molecular weight excluding hydrogens is 354 g/mol. The largest absolute Gasteiger partial charge is 0.460 e. The lowest BCUT2D eigenvalue weighted by Gasteiger charge is -2.02. The van der Waals surface area contributed by atoms with E-state index < -0.39 is 5.76 Å². The first-order valence-corrected chi connectivity index (χ1v) is 8.89. The van der Waals surface area contributed by atoms with E-state index in [-0.39, 0.29) is 18.9 Å². The van der Waals surface area contributed by atoms with Crippen molar-refractivity contribution >= 4 is 33.5 Å². The van der Waals surface area contributed by atoms with Gasteiger partial charge in [-0.3, -0.25) is 9.36 Å². The number of nitrogens with zero attached hydrogens (tertiary/aromatic N) is 2. The Morgan fingerprint density at radius 2 is 2.08 bits per heavy atom. The maximum absolute atomic E-state index is 12.2. The number of aromatic nitrogens is 2. The van der Waals surface area contributed by atoms with E-state index >= 15 is 0 Å². The summed E-state index contributed by atoms with van der Waals surface area (Å²) in [6, 6.07) is 10.8. The Bertz CT molecular complexity index is 1130. The number of benzene rings is 1. The number of hydrogen-bond acceptors (Lipinski definition) is 6. The molecule has 0 radical (unpaired) electrons. The van der Waals surface area contributed by atoms with Gasteiger partial charge < -0.3 is 14.2 Å². The minimum atomic E-state index is -0.469. The summed E-state index contributed by atoms with van der Waals surface area (Å²) in [6.07, 6.45) is 0.137. The van der Waals surface area contributed by atoms with Crippen LogP contribution in [0.1, 0.15) is 12.2 Å². The van der Waals surface area contributed by atoms with Gasteiger partial charge in [0.2, 0.25) is 5.91 Å². The SMILES string of the molecule is Cc1ccc(-c2csc(NC(=O)CCn3c(=O)oc4ccccc43)n2)o1. The molecule has 0 aliphatic carbocycles. The molecule has 1 N–H and O–H groups in total. The number of amides is 1. The van der Waals surface area contributed by atoms with Crippen LogP contribution in [0.15, 0.2) is 55.4 Å². The topological polar surface area (TPSA) is 90.3 Å². The minimum absolute atomic E-state index is 0.137. The number of fused-ring (bicyclic) bond motifs is 1. The lowest BCUT2D eigenvalue weighted by atomic mass is 10.3. The first-order valence-electron chi connectivity index (χ1n) is 8.01. The van der Waals surface area contributed by atoms with Gasteiger partial charge in [0.05, 0.1) is 5.52 Å². The third-order valence-electron chi connectivity index (χ3n) is 3.88. The second kappa shape index (κ2) is 6.64. The predicted octanol–water partition coefficient (Wildman–Crippen LogP) is 3.65.